The molecule has 0 amide bonds. The van der Waals surface area contributed by atoms with Crippen LogP contribution in [0.5, 0.6) is 0 Å². The number of aliphatic hydroxyl groups is 3. The summed E-state index contributed by atoms with van der Waals surface area (Å²) in [7, 11) is -4.60. The Bertz CT molecular complexity index is 1120. The van der Waals surface area contributed by atoms with Crippen LogP contribution in [-0.4, -0.2) is 96.0 Å². The minimum atomic E-state index is -4.60. The molecule has 0 saturated carbocycles. The molecule has 4 N–H and O–H groups in total. The maximum atomic E-state index is 12.8. The van der Waals surface area contributed by atoms with E-state index in [1.807, 2.05) is 0 Å². The predicted molar refractivity (Wildman–Crippen MR) is 224 cm³/mol. The van der Waals surface area contributed by atoms with E-state index < -0.39 is 71.2 Å². The zero-order valence-corrected chi connectivity index (χ0v) is 36.5. The van der Waals surface area contributed by atoms with Gasteiger partial charge in [-0.15, -0.1) is 0 Å². The molecule has 1 heterocycles. The van der Waals surface area contributed by atoms with Crippen LogP contribution in [0.2, 0.25) is 0 Å². The van der Waals surface area contributed by atoms with Crippen LogP contribution in [0.4, 0.5) is 0 Å². The molecule has 1 fully saturated rings. The molecular formula is C44H82O12S. The second kappa shape index (κ2) is 35.2. The van der Waals surface area contributed by atoms with E-state index in [4.69, 9.17) is 18.9 Å². The van der Waals surface area contributed by atoms with Crippen molar-refractivity contribution in [3.8, 4) is 0 Å². The van der Waals surface area contributed by atoms with Crippen LogP contribution in [0.3, 0.4) is 0 Å². The molecule has 13 heteroatoms. The molecule has 12 nitrogen and oxygen atoms in total. The van der Waals surface area contributed by atoms with Crippen LogP contribution in [0.25, 0.3) is 0 Å². The van der Waals surface area contributed by atoms with E-state index in [-0.39, 0.29) is 19.4 Å². The van der Waals surface area contributed by atoms with Crippen molar-refractivity contribution in [3.63, 3.8) is 0 Å². The molecule has 1 saturated heterocycles. The number of rotatable bonds is 38. The topological polar surface area (TPSA) is 186 Å². The number of unbranched alkanes of at least 4 members (excludes halogenated alkanes) is 24. The highest BCUT2D eigenvalue weighted by Crippen LogP contribution is 2.24. The summed E-state index contributed by atoms with van der Waals surface area (Å²) in [5, 5.41) is 30.9. The molecule has 1 aliphatic heterocycles. The van der Waals surface area contributed by atoms with Crippen molar-refractivity contribution >= 4 is 22.1 Å². The van der Waals surface area contributed by atoms with Crippen molar-refractivity contribution in [2.75, 3.05) is 19.0 Å². The van der Waals surface area contributed by atoms with E-state index in [2.05, 4.69) is 26.0 Å². The smallest absolute Gasteiger partial charge is 0.306 e. The standard InChI is InChI=1S/C44H82O12S/c1-3-5-7-9-11-13-15-17-18-19-20-21-23-25-27-29-31-33-40(46)55-37(35-54-44-43(49)42(48)41(47)38(56-44)36-57(50,51)52)34-53-39(45)32-30-28-26-24-22-16-14-12-10-8-6-4-2/h17-18,37-38,41-44,47-49H,3-16,19-36H2,1-2H3,(H,50,51,52)/b18-17-. The highest BCUT2D eigenvalue weighted by Gasteiger charge is 2.46. The minimum Gasteiger partial charge on any atom is -0.462 e. The molecule has 0 aromatic carbocycles. The van der Waals surface area contributed by atoms with Gasteiger partial charge in [0.15, 0.2) is 12.4 Å². The maximum absolute atomic E-state index is 12.8. The van der Waals surface area contributed by atoms with Crippen LogP contribution < -0.4 is 0 Å². The van der Waals surface area contributed by atoms with Gasteiger partial charge in [0, 0.05) is 12.8 Å². The molecule has 0 aliphatic carbocycles. The van der Waals surface area contributed by atoms with Gasteiger partial charge in [0.2, 0.25) is 0 Å². The Kier molecular flexibility index (Phi) is 33.0. The van der Waals surface area contributed by atoms with Gasteiger partial charge in [0.1, 0.15) is 36.8 Å². The van der Waals surface area contributed by atoms with Crippen LogP contribution in [0.15, 0.2) is 12.2 Å². The highest BCUT2D eigenvalue weighted by atomic mass is 32.2. The average molecular weight is 835 g/mol. The first kappa shape index (κ1) is 53.4. The monoisotopic (exact) mass is 835 g/mol. The van der Waals surface area contributed by atoms with Gasteiger partial charge in [0.25, 0.3) is 10.1 Å². The van der Waals surface area contributed by atoms with Gasteiger partial charge < -0.3 is 34.3 Å². The summed E-state index contributed by atoms with van der Waals surface area (Å²) in [6.07, 6.45) is 26.8. The molecule has 336 valence electrons. The van der Waals surface area contributed by atoms with Crippen molar-refractivity contribution in [1.29, 1.82) is 0 Å². The second-order valence-corrected chi connectivity index (χ2v) is 17.6. The molecule has 0 spiro atoms. The number of hydrogen-bond acceptors (Lipinski definition) is 11. The van der Waals surface area contributed by atoms with Gasteiger partial charge in [-0.2, -0.15) is 8.42 Å². The van der Waals surface area contributed by atoms with Crippen LogP contribution in [-0.2, 0) is 38.7 Å². The molecule has 1 aliphatic rings. The molecule has 0 aromatic rings. The first-order valence-corrected chi connectivity index (χ1v) is 24.4. The minimum absolute atomic E-state index is 0.163. The fraction of sp³-hybridized carbons (Fsp3) is 0.909. The van der Waals surface area contributed by atoms with Gasteiger partial charge >= 0.3 is 11.9 Å². The van der Waals surface area contributed by atoms with Crippen LogP contribution in [0, 0.1) is 0 Å². The molecule has 0 aromatic heterocycles. The number of allylic oxidation sites excluding steroid dienone is 2. The molecular weight excluding hydrogens is 753 g/mol. The quantitative estimate of drug-likeness (QED) is 0.0200. The first-order valence-electron chi connectivity index (χ1n) is 22.7. The van der Waals surface area contributed by atoms with Crippen molar-refractivity contribution in [3.05, 3.63) is 12.2 Å². The van der Waals surface area contributed by atoms with Crippen LogP contribution in [0.1, 0.15) is 200 Å². The molecule has 1 rings (SSSR count). The maximum Gasteiger partial charge on any atom is 0.306 e. The summed E-state index contributed by atoms with van der Waals surface area (Å²) >= 11 is 0. The molecule has 6 atom stereocenters. The Hall–Kier alpha value is -1.61. The number of carbonyl (C=O) groups excluding carboxylic acids is 2. The van der Waals surface area contributed by atoms with Gasteiger partial charge in [-0.05, 0) is 38.5 Å². The lowest BCUT2D eigenvalue weighted by Gasteiger charge is -2.40. The lowest BCUT2D eigenvalue weighted by atomic mass is 10.00. The van der Waals surface area contributed by atoms with E-state index in [0.717, 1.165) is 51.4 Å². The van der Waals surface area contributed by atoms with Crippen molar-refractivity contribution < 1.29 is 56.8 Å². The van der Waals surface area contributed by atoms with E-state index >= 15 is 0 Å². The third-order valence-corrected chi connectivity index (χ3v) is 11.3. The first-order chi connectivity index (χ1) is 27.5. The lowest BCUT2D eigenvalue weighted by molar-refractivity contribution is -0.297. The Labute approximate surface area is 346 Å². The molecule has 0 bridgehead atoms. The Balaban J connectivity index is 2.44. The highest BCUT2D eigenvalue weighted by molar-refractivity contribution is 7.85. The van der Waals surface area contributed by atoms with Gasteiger partial charge in [0.05, 0.1) is 6.61 Å². The van der Waals surface area contributed by atoms with E-state index in [1.54, 1.807) is 0 Å². The van der Waals surface area contributed by atoms with Gasteiger partial charge in [-0.3, -0.25) is 14.1 Å². The Morgan fingerprint density at radius 3 is 1.46 bits per heavy atom. The average Bonchev–Trinajstić information content (AvgIpc) is 3.17. The summed E-state index contributed by atoms with van der Waals surface area (Å²) in [6, 6.07) is 0. The number of esters is 2. The summed E-state index contributed by atoms with van der Waals surface area (Å²) in [6.45, 7) is 3.75. The molecule has 0 radical (unpaired) electrons. The van der Waals surface area contributed by atoms with E-state index in [1.165, 1.54) is 109 Å². The van der Waals surface area contributed by atoms with Gasteiger partial charge in [-0.1, -0.05) is 161 Å². The van der Waals surface area contributed by atoms with Crippen molar-refractivity contribution in [2.24, 2.45) is 0 Å². The third kappa shape index (κ3) is 30.1. The van der Waals surface area contributed by atoms with E-state index in [0.29, 0.717) is 12.8 Å². The molecule has 6 unspecified atom stereocenters. The number of carbonyl (C=O) groups is 2. The van der Waals surface area contributed by atoms with Crippen LogP contribution >= 0.6 is 0 Å². The summed E-state index contributed by atoms with van der Waals surface area (Å²) in [5.41, 5.74) is 0. The third-order valence-electron chi connectivity index (χ3n) is 10.6. The molecule has 57 heavy (non-hydrogen) atoms. The normalized spacial score (nSPS) is 20.6. The predicted octanol–water partition coefficient (Wildman–Crippen LogP) is 9.06. The zero-order chi connectivity index (χ0) is 42.0. The van der Waals surface area contributed by atoms with E-state index in [9.17, 15) is 37.9 Å². The number of aliphatic hydroxyl groups excluding tert-OH is 3. The largest absolute Gasteiger partial charge is 0.462 e. The summed E-state index contributed by atoms with van der Waals surface area (Å²) in [4.78, 5) is 25.4. The zero-order valence-electron chi connectivity index (χ0n) is 35.7. The number of ether oxygens (including phenoxy) is 4. The fourth-order valence-corrected chi connectivity index (χ4v) is 7.72. The lowest BCUT2D eigenvalue weighted by Crippen LogP contribution is -2.60. The van der Waals surface area contributed by atoms with Crippen molar-refractivity contribution in [1.82, 2.24) is 0 Å². The number of hydrogen-bond donors (Lipinski definition) is 4. The summed E-state index contributed by atoms with van der Waals surface area (Å²) in [5.74, 6) is -1.98. The Morgan fingerprint density at radius 1 is 0.579 bits per heavy atom. The van der Waals surface area contributed by atoms with Crippen molar-refractivity contribution in [2.45, 2.75) is 237 Å². The van der Waals surface area contributed by atoms with Gasteiger partial charge in [-0.25, -0.2) is 0 Å². The second-order valence-electron chi connectivity index (χ2n) is 16.1. The Morgan fingerprint density at radius 2 is 1.00 bits per heavy atom. The fourth-order valence-electron chi connectivity index (χ4n) is 7.02. The SMILES string of the molecule is CCCCCCCC/C=C\CCCCCCCCCC(=O)OC(COC(=O)CCCCCCCCCCCCCC)COC1OC(CS(=O)(=O)O)C(O)C(O)C1O. The summed E-state index contributed by atoms with van der Waals surface area (Å²) < 4.78 is 54.0.